The van der Waals surface area contributed by atoms with E-state index >= 15 is 0 Å². The summed E-state index contributed by atoms with van der Waals surface area (Å²) in [6.45, 7) is 4.03. The van der Waals surface area contributed by atoms with Gasteiger partial charge in [0.25, 0.3) is 0 Å². The van der Waals surface area contributed by atoms with Gasteiger partial charge in [-0.1, -0.05) is 0 Å². The quantitative estimate of drug-likeness (QED) is 0.558. The van der Waals surface area contributed by atoms with Crippen molar-refractivity contribution in [1.82, 2.24) is 20.2 Å². The number of carboxylic acids is 1. The minimum atomic E-state index is -1.07. The van der Waals surface area contributed by atoms with Crippen molar-refractivity contribution in [2.45, 2.75) is 64.2 Å². The number of aliphatic carboxylic acids is 1. The summed E-state index contributed by atoms with van der Waals surface area (Å²) in [6, 6.07) is 1.03. The average Bonchev–Trinajstić information content (AvgIpc) is 3.21. The smallest absolute Gasteiger partial charge is 0.548 e. The fourth-order valence-electron chi connectivity index (χ4n) is 3.40. The number of nitrogens with zero attached hydrogens (tertiary/aromatic N) is 3. The number of likely N-dealkylation sites (tertiary alicyclic amines) is 1. The molecule has 8 heteroatoms. The van der Waals surface area contributed by atoms with Crippen LogP contribution < -0.4 is 40.0 Å². The van der Waals surface area contributed by atoms with Gasteiger partial charge in [0.05, 0.1) is 30.3 Å². The normalized spacial score (nSPS) is 23.6. The van der Waals surface area contributed by atoms with Crippen LogP contribution in [0.15, 0.2) is 6.07 Å². The number of nitrogens with one attached hydrogen (secondary N) is 1. The summed E-state index contributed by atoms with van der Waals surface area (Å²) in [5.41, 5.74) is 1.62. The summed E-state index contributed by atoms with van der Waals surface area (Å²) in [5, 5.41) is 14.1. The Morgan fingerprint density at radius 1 is 1.21 bits per heavy atom. The zero-order chi connectivity index (χ0) is 16.6. The van der Waals surface area contributed by atoms with Crippen molar-refractivity contribution in [1.29, 1.82) is 0 Å². The van der Waals surface area contributed by atoms with E-state index in [1.54, 1.807) is 0 Å². The van der Waals surface area contributed by atoms with Gasteiger partial charge in [-0.15, -0.1) is 0 Å². The fourth-order valence-corrected chi connectivity index (χ4v) is 3.40. The molecule has 3 rings (SSSR count). The summed E-state index contributed by atoms with van der Waals surface area (Å²) in [6.07, 6.45) is 2.95. The first-order valence-electron chi connectivity index (χ1n) is 8.03. The van der Waals surface area contributed by atoms with Crippen LogP contribution in [-0.2, 0) is 16.1 Å². The Morgan fingerprint density at radius 3 is 2.46 bits per heavy atom. The second kappa shape index (κ2) is 7.91. The molecule has 1 N–H and O–H groups in total. The Morgan fingerprint density at radius 2 is 1.88 bits per heavy atom. The second-order valence-corrected chi connectivity index (χ2v) is 6.37. The average molecular weight is 340 g/mol. The summed E-state index contributed by atoms with van der Waals surface area (Å²) in [7, 11) is 0. The van der Waals surface area contributed by atoms with E-state index in [1.807, 2.05) is 24.8 Å². The SMILES string of the molecule is Cc1cc(CNC(=O)C2CCC(C(=O)[O-])N2C2CC2)nc(C)n1.[Na+]. The first-order chi connectivity index (χ1) is 11.0. The standard InChI is InChI=1S/C16H22N4O3.Na/c1-9-7-11(19-10(2)18-9)8-17-15(21)13-5-6-14(16(22)23)20(13)12-3-4-12;/h7,12-14H,3-6,8H2,1-2H3,(H,17,21)(H,22,23);/q;+1/p-1. The molecule has 0 bridgehead atoms. The van der Waals surface area contributed by atoms with Crippen LogP contribution in [0, 0.1) is 13.8 Å². The van der Waals surface area contributed by atoms with Crippen molar-refractivity contribution in [3.05, 3.63) is 23.3 Å². The van der Waals surface area contributed by atoms with Gasteiger partial charge in [-0.3, -0.25) is 9.69 Å². The Hall–Kier alpha value is -1.02. The molecule has 2 heterocycles. The van der Waals surface area contributed by atoms with Crippen molar-refractivity contribution in [2.24, 2.45) is 0 Å². The predicted molar refractivity (Wildman–Crippen MR) is 80.0 cm³/mol. The van der Waals surface area contributed by atoms with E-state index in [1.165, 1.54) is 0 Å². The first-order valence-corrected chi connectivity index (χ1v) is 8.03. The monoisotopic (exact) mass is 340 g/mol. The predicted octanol–water partition coefficient (Wildman–Crippen LogP) is -3.54. The van der Waals surface area contributed by atoms with Gasteiger partial charge in [0.2, 0.25) is 5.91 Å². The molecule has 7 nitrogen and oxygen atoms in total. The maximum Gasteiger partial charge on any atom is 1.00 e. The third-order valence-electron chi connectivity index (χ3n) is 4.44. The number of amides is 1. The molecule has 1 aromatic rings. The van der Waals surface area contributed by atoms with Crippen molar-refractivity contribution >= 4 is 11.9 Å². The number of hydrogen-bond acceptors (Lipinski definition) is 6. The van der Waals surface area contributed by atoms with Crippen molar-refractivity contribution < 1.29 is 44.3 Å². The summed E-state index contributed by atoms with van der Waals surface area (Å²) in [5.74, 6) is -0.532. The molecule has 0 radical (unpaired) electrons. The maximum absolute atomic E-state index is 12.5. The van der Waals surface area contributed by atoms with E-state index in [4.69, 9.17) is 0 Å². The molecule has 1 aliphatic carbocycles. The summed E-state index contributed by atoms with van der Waals surface area (Å²) in [4.78, 5) is 34.1. The van der Waals surface area contributed by atoms with Gasteiger partial charge in [0.1, 0.15) is 5.82 Å². The van der Waals surface area contributed by atoms with Crippen LogP contribution in [0.4, 0.5) is 0 Å². The van der Waals surface area contributed by atoms with E-state index in [-0.39, 0.29) is 47.5 Å². The van der Waals surface area contributed by atoms with Gasteiger partial charge in [0.15, 0.2) is 0 Å². The number of rotatable bonds is 5. The number of carboxylic acid groups (broad SMARTS) is 1. The third-order valence-corrected chi connectivity index (χ3v) is 4.44. The number of aryl methyl sites for hydroxylation is 2. The molecule has 1 aromatic heterocycles. The van der Waals surface area contributed by atoms with E-state index in [0.29, 0.717) is 25.2 Å². The maximum atomic E-state index is 12.5. The Bertz CT molecular complexity index is 615. The molecule has 1 saturated heterocycles. The number of aromatic nitrogens is 2. The number of carbonyl (C=O) groups is 2. The number of carbonyl (C=O) groups excluding carboxylic acids is 2. The molecule has 1 saturated carbocycles. The molecule has 2 aliphatic rings. The Kier molecular flexibility index (Phi) is 6.36. The van der Waals surface area contributed by atoms with Crippen LogP contribution in [0.2, 0.25) is 0 Å². The Balaban J connectivity index is 0.00000208. The van der Waals surface area contributed by atoms with E-state index in [2.05, 4.69) is 15.3 Å². The molecule has 2 atom stereocenters. The van der Waals surface area contributed by atoms with Gasteiger partial charge < -0.3 is 15.2 Å². The van der Waals surface area contributed by atoms with Gasteiger partial charge in [-0.05, 0) is 45.6 Å². The van der Waals surface area contributed by atoms with Gasteiger partial charge in [-0.2, -0.15) is 0 Å². The molecule has 24 heavy (non-hydrogen) atoms. The molecular formula is C16H21N4NaO3. The van der Waals surface area contributed by atoms with Crippen LogP contribution in [0.5, 0.6) is 0 Å². The van der Waals surface area contributed by atoms with Crippen LogP contribution in [0.3, 0.4) is 0 Å². The van der Waals surface area contributed by atoms with Crippen molar-refractivity contribution in [3.8, 4) is 0 Å². The molecule has 1 aliphatic heterocycles. The topological polar surface area (TPSA) is 98.2 Å². The van der Waals surface area contributed by atoms with Crippen molar-refractivity contribution in [2.75, 3.05) is 0 Å². The molecule has 1 amide bonds. The summed E-state index contributed by atoms with van der Waals surface area (Å²) >= 11 is 0. The number of hydrogen-bond donors (Lipinski definition) is 1. The molecule has 2 fully saturated rings. The van der Waals surface area contributed by atoms with Gasteiger partial charge in [-0.25, -0.2) is 9.97 Å². The van der Waals surface area contributed by atoms with Crippen LogP contribution in [0.1, 0.15) is 42.9 Å². The molecule has 0 aromatic carbocycles. The second-order valence-electron chi connectivity index (χ2n) is 6.37. The summed E-state index contributed by atoms with van der Waals surface area (Å²) < 4.78 is 0. The molecule has 2 unspecified atom stereocenters. The van der Waals surface area contributed by atoms with Crippen molar-refractivity contribution in [3.63, 3.8) is 0 Å². The fraction of sp³-hybridized carbons (Fsp3) is 0.625. The zero-order valence-electron chi connectivity index (χ0n) is 14.4. The van der Waals surface area contributed by atoms with Crippen LogP contribution in [0.25, 0.3) is 0 Å². The third kappa shape index (κ3) is 4.33. The molecule has 124 valence electrons. The largest absolute Gasteiger partial charge is 1.00 e. The van der Waals surface area contributed by atoms with Gasteiger partial charge in [0, 0.05) is 11.7 Å². The zero-order valence-corrected chi connectivity index (χ0v) is 16.4. The van der Waals surface area contributed by atoms with Gasteiger partial charge >= 0.3 is 29.6 Å². The van der Waals surface area contributed by atoms with Crippen LogP contribution in [-0.4, -0.2) is 44.9 Å². The minimum absolute atomic E-state index is 0. The minimum Gasteiger partial charge on any atom is -0.548 e. The van der Waals surface area contributed by atoms with E-state index < -0.39 is 12.0 Å². The van der Waals surface area contributed by atoms with E-state index in [0.717, 1.165) is 24.2 Å². The van der Waals surface area contributed by atoms with E-state index in [9.17, 15) is 14.7 Å². The molecule has 0 spiro atoms. The molecular weight excluding hydrogens is 319 g/mol. The Labute approximate surface area is 163 Å². The first kappa shape index (κ1) is 19.3. The van der Waals surface area contributed by atoms with Crippen LogP contribution >= 0.6 is 0 Å².